The van der Waals surface area contributed by atoms with Gasteiger partial charge in [-0.1, -0.05) is 108 Å². The van der Waals surface area contributed by atoms with E-state index in [1.165, 1.54) is 23.3 Å². The van der Waals surface area contributed by atoms with Crippen LogP contribution in [0.4, 0.5) is 13.2 Å². The lowest BCUT2D eigenvalue weighted by Gasteiger charge is -2.18. The highest BCUT2D eigenvalue weighted by Crippen LogP contribution is 2.35. The molecule has 0 bridgehead atoms. The number of imidazole rings is 3. The van der Waals surface area contributed by atoms with Crippen LogP contribution in [0.15, 0.2) is 219 Å². The minimum atomic E-state index is -4.39. The third kappa shape index (κ3) is 14.3. The number of aromatic nitrogens is 6. The number of pyridine rings is 3. The second-order valence-electron chi connectivity index (χ2n) is 21.9. The molecule has 3 aliphatic heterocycles. The predicted octanol–water partition coefficient (Wildman–Crippen LogP) is 14.3. The molecule has 0 fully saturated rings. The molecule has 0 saturated heterocycles. The van der Waals surface area contributed by atoms with Crippen molar-refractivity contribution in [1.29, 1.82) is 0 Å². The first-order valence-electron chi connectivity index (χ1n) is 29.5. The molecule has 6 aromatic carbocycles. The topological polar surface area (TPSA) is 149 Å². The van der Waals surface area contributed by atoms with Crippen molar-refractivity contribution < 1.29 is 41.8 Å². The first-order valence-corrected chi connectivity index (χ1v) is 30.1. The fourth-order valence-electron chi connectivity index (χ4n) is 10.7. The van der Waals surface area contributed by atoms with Crippen molar-refractivity contribution in [3.05, 3.63) is 270 Å². The second-order valence-corrected chi connectivity index (χ2v) is 22.2. The zero-order valence-corrected chi connectivity index (χ0v) is 50.4. The van der Waals surface area contributed by atoms with E-state index in [0.29, 0.717) is 103 Å². The maximum atomic E-state index is 13.3. The van der Waals surface area contributed by atoms with Crippen molar-refractivity contribution >= 4 is 46.3 Å². The Labute approximate surface area is 527 Å². The second kappa shape index (κ2) is 26.9. The molecule has 458 valence electrons. The van der Waals surface area contributed by atoms with Crippen LogP contribution in [0.3, 0.4) is 0 Å². The molecule has 0 radical (unpaired) electrons. The number of hydrogen-bond acceptors (Lipinski definition) is 9. The average molecular weight is 1240 g/mol. The molecule has 0 atom stereocenters. The lowest BCUT2D eigenvalue weighted by Crippen LogP contribution is -2.32. The highest BCUT2D eigenvalue weighted by Gasteiger charge is 2.31. The molecule has 9 heterocycles. The van der Waals surface area contributed by atoms with Gasteiger partial charge in [-0.05, 0) is 132 Å². The Balaban J connectivity index is 0.000000124. The van der Waals surface area contributed by atoms with Gasteiger partial charge >= 0.3 is 6.18 Å². The summed E-state index contributed by atoms with van der Waals surface area (Å²) < 4.78 is 61.6. The number of alkyl halides is 4. The van der Waals surface area contributed by atoms with Gasteiger partial charge in [0.15, 0.2) is 0 Å². The molecule has 15 rings (SSSR count). The highest BCUT2D eigenvalue weighted by molar-refractivity contribution is 6.16. The van der Waals surface area contributed by atoms with Crippen LogP contribution in [-0.2, 0) is 25.1 Å². The third-order valence-electron chi connectivity index (χ3n) is 15.5. The zero-order valence-electron chi connectivity index (χ0n) is 49.7. The van der Waals surface area contributed by atoms with E-state index in [-0.39, 0.29) is 17.7 Å². The summed E-state index contributed by atoms with van der Waals surface area (Å²) >= 11 is 5.62. The quantitative estimate of drug-likeness (QED) is 0.147. The van der Waals surface area contributed by atoms with Crippen molar-refractivity contribution in [2.24, 2.45) is 0 Å². The highest BCUT2D eigenvalue weighted by atomic mass is 35.5. The van der Waals surface area contributed by atoms with Crippen LogP contribution in [0, 0.1) is 13.8 Å². The van der Waals surface area contributed by atoms with E-state index in [1.54, 1.807) is 23.1 Å². The number of carbonyl (C=O) groups excluding carboxylic acids is 3. The van der Waals surface area contributed by atoms with Crippen molar-refractivity contribution in [2.75, 3.05) is 39.5 Å². The molecule has 1 N–H and O–H groups in total. The number of carbonyl (C=O) groups is 3. The first-order chi connectivity index (χ1) is 44.2. The third-order valence-corrected chi connectivity index (χ3v) is 15.8. The molecule has 0 unspecified atom stereocenters. The van der Waals surface area contributed by atoms with Gasteiger partial charge in [0, 0.05) is 37.2 Å². The summed E-state index contributed by atoms with van der Waals surface area (Å²) in [5.74, 6) is 1.94. The van der Waals surface area contributed by atoms with Crippen LogP contribution in [-0.4, -0.2) is 95.1 Å². The summed E-state index contributed by atoms with van der Waals surface area (Å²) in [6, 6.07) is 55.6. The van der Waals surface area contributed by atoms with Gasteiger partial charge in [-0.25, -0.2) is 15.0 Å². The molecular formula is C72H61ClF3N9O6. The van der Waals surface area contributed by atoms with E-state index in [4.69, 9.17) is 25.8 Å². The normalized spacial score (nSPS) is 13.6. The monoisotopic (exact) mass is 1240 g/mol. The molecule has 0 spiro atoms. The van der Waals surface area contributed by atoms with Gasteiger partial charge in [-0.15, -0.1) is 11.6 Å². The molecular weight excluding hydrogens is 1180 g/mol. The van der Waals surface area contributed by atoms with Crippen molar-refractivity contribution in [3.8, 4) is 50.6 Å². The SMILES string of the molecule is Cc1ccc(-c2ccc3c(c2)C(=O)N(Cc2cn4ccccc4n2)CCO3)cc1.Cc1ccc(-c2ccc3c(c2)C(=O)NCCO3)cc1.ClCc1cn2ccccc2n1.O=C1c2cc(-c3ccc(C(F)(F)F)cc3)ccc2OCCN1Cc1cn2ccccc2n1. The lowest BCUT2D eigenvalue weighted by molar-refractivity contribution is -0.137. The number of hydrogen-bond donors (Lipinski definition) is 1. The van der Waals surface area contributed by atoms with E-state index >= 15 is 0 Å². The summed E-state index contributed by atoms with van der Waals surface area (Å²) in [6.07, 6.45) is 7.20. The summed E-state index contributed by atoms with van der Waals surface area (Å²) in [7, 11) is 0. The Hall–Kier alpha value is -10.7. The van der Waals surface area contributed by atoms with Crippen LogP contribution in [0.2, 0.25) is 0 Å². The maximum absolute atomic E-state index is 13.3. The molecule has 3 amide bonds. The zero-order chi connectivity index (χ0) is 63.0. The van der Waals surface area contributed by atoms with Gasteiger partial charge < -0.3 is 42.5 Å². The molecule has 0 aliphatic carbocycles. The molecule has 3 aliphatic rings. The summed E-state index contributed by atoms with van der Waals surface area (Å²) in [6.45, 7) is 7.71. The fraction of sp³-hybridized carbons (Fsp3) is 0.167. The first kappa shape index (κ1) is 60.6. The lowest BCUT2D eigenvalue weighted by atomic mass is 10.0. The Morgan fingerprint density at radius 3 is 1.25 bits per heavy atom. The summed E-state index contributed by atoms with van der Waals surface area (Å²) in [4.78, 5) is 55.5. The number of ether oxygens (including phenoxy) is 3. The Bertz CT molecular complexity index is 4490. The van der Waals surface area contributed by atoms with Gasteiger partial charge in [0.2, 0.25) is 0 Å². The van der Waals surface area contributed by atoms with Gasteiger partial charge in [-0.3, -0.25) is 14.4 Å². The smallest absolute Gasteiger partial charge is 0.416 e. The average Bonchev–Trinajstić information content (AvgIpc) is 2.21. The number of nitrogens with one attached hydrogen (secondary N) is 1. The largest absolute Gasteiger partial charge is 0.491 e. The van der Waals surface area contributed by atoms with Gasteiger partial charge in [0.1, 0.15) is 54.0 Å². The standard InChI is InChI=1S/C24H18F3N3O2.C24H21N3O2.C16H15NO2.C8H7ClN2/c25-24(26,27)18-7-4-16(5-8-18)17-6-9-21-20(13-17)23(31)30(11-12-32-21)15-19-14-29-10-2-1-3-22(29)28-19;1-17-5-7-18(8-6-17)19-9-10-22-21(14-19)24(28)27(12-13-29-22)16-20-15-26-11-3-2-4-23(26)25-20;1-11-2-4-12(5-3-11)13-6-7-15-14(10-13)16(18)17-8-9-19-15;9-5-7-6-11-4-2-1-3-8(11)10-7/h1-10,13-14H,11-12,15H2;2-11,14-15H,12-13,16H2,1H3;2-7,10H,8-9H2,1H3,(H,17,18);1-4,6H,5H2. The summed E-state index contributed by atoms with van der Waals surface area (Å²) in [5, 5.41) is 2.82. The Kier molecular flexibility index (Phi) is 17.9. The van der Waals surface area contributed by atoms with Crippen molar-refractivity contribution in [1.82, 2.24) is 43.3 Å². The molecule has 0 saturated carbocycles. The number of aryl methyl sites for hydroxylation is 2. The number of amides is 3. The van der Waals surface area contributed by atoms with Gasteiger partial charge in [-0.2, -0.15) is 13.2 Å². The van der Waals surface area contributed by atoms with Crippen LogP contribution >= 0.6 is 11.6 Å². The van der Waals surface area contributed by atoms with Gasteiger partial charge in [0.05, 0.1) is 77.9 Å². The number of fused-ring (bicyclic) bond motifs is 6. The molecule has 12 aromatic rings. The van der Waals surface area contributed by atoms with Crippen LogP contribution in [0.1, 0.15) is 64.8 Å². The van der Waals surface area contributed by atoms with Crippen LogP contribution in [0.5, 0.6) is 17.2 Å². The number of rotatable bonds is 8. The molecule has 91 heavy (non-hydrogen) atoms. The minimum absolute atomic E-state index is 0.0245. The minimum Gasteiger partial charge on any atom is -0.491 e. The van der Waals surface area contributed by atoms with Gasteiger partial charge in [0.25, 0.3) is 17.7 Å². The van der Waals surface area contributed by atoms with E-state index in [1.807, 2.05) is 146 Å². The molecule has 6 aromatic heterocycles. The number of nitrogens with zero attached hydrogens (tertiary/aromatic N) is 8. The molecule has 19 heteroatoms. The van der Waals surface area contributed by atoms with E-state index in [2.05, 4.69) is 82.6 Å². The Morgan fingerprint density at radius 1 is 0.462 bits per heavy atom. The fourth-order valence-corrected chi connectivity index (χ4v) is 10.9. The van der Waals surface area contributed by atoms with Crippen molar-refractivity contribution in [3.63, 3.8) is 0 Å². The van der Waals surface area contributed by atoms with E-state index < -0.39 is 11.7 Å². The van der Waals surface area contributed by atoms with Crippen LogP contribution in [0.25, 0.3) is 50.3 Å². The summed E-state index contributed by atoms with van der Waals surface area (Å²) in [5.41, 5.74) is 13.9. The van der Waals surface area contributed by atoms with Crippen LogP contribution < -0.4 is 19.5 Å². The number of benzene rings is 6. The predicted molar refractivity (Wildman–Crippen MR) is 344 cm³/mol. The molecule has 15 nitrogen and oxygen atoms in total. The number of halogens is 4. The maximum Gasteiger partial charge on any atom is 0.416 e. The Morgan fingerprint density at radius 2 is 0.835 bits per heavy atom. The van der Waals surface area contributed by atoms with Crippen molar-refractivity contribution in [2.45, 2.75) is 39.0 Å². The van der Waals surface area contributed by atoms with E-state index in [0.717, 1.165) is 68.4 Å². The van der Waals surface area contributed by atoms with E-state index in [9.17, 15) is 27.6 Å².